The highest BCUT2D eigenvalue weighted by Crippen LogP contribution is 2.41. The van der Waals surface area contributed by atoms with Crippen LogP contribution in [0.4, 0.5) is 0 Å². The first kappa shape index (κ1) is 24.6. The number of nitrogens with zero attached hydrogens (tertiary/aromatic N) is 2. The molecule has 1 atom stereocenters. The van der Waals surface area contributed by atoms with Crippen LogP contribution in [0.25, 0.3) is 0 Å². The van der Waals surface area contributed by atoms with E-state index >= 15 is 0 Å². The largest absolute Gasteiger partial charge is 0.382 e. The van der Waals surface area contributed by atoms with Gasteiger partial charge in [-0.1, -0.05) is 43.2 Å². The van der Waals surface area contributed by atoms with Crippen molar-refractivity contribution in [2.75, 3.05) is 45.9 Å². The van der Waals surface area contributed by atoms with Gasteiger partial charge in [0.05, 0.1) is 0 Å². The molecule has 1 aliphatic carbocycles. The minimum atomic E-state index is 0.274. The Balaban J connectivity index is 1.47. The van der Waals surface area contributed by atoms with Gasteiger partial charge in [0, 0.05) is 58.3 Å². The van der Waals surface area contributed by atoms with Gasteiger partial charge in [0.2, 0.25) is 5.91 Å². The van der Waals surface area contributed by atoms with E-state index in [0.717, 1.165) is 64.7 Å². The van der Waals surface area contributed by atoms with E-state index in [1.807, 2.05) is 11.0 Å². The highest BCUT2D eigenvalue weighted by Gasteiger charge is 2.33. The van der Waals surface area contributed by atoms with Crippen LogP contribution in [-0.2, 0) is 16.0 Å². The Morgan fingerprint density at radius 1 is 1.19 bits per heavy atom. The fourth-order valence-corrected chi connectivity index (χ4v) is 4.99. The third kappa shape index (κ3) is 7.51. The first-order valence-electron chi connectivity index (χ1n) is 12.6. The topological polar surface area (TPSA) is 66.0 Å². The molecule has 1 saturated heterocycles. The highest BCUT2D eigenvalue weighted by atomic mass is 16.5. The average molecular weight is 443 g/mol. The summed E-state index contributed by atoms with van der Waals surface area (Å²) in [4.78, 5) is 19.5. The molecule has 2 fully saturated rings. The molecule has 1 aromatic rings. The second kappa shape index (κ2) is 12.8. The summed E-state index contributed by atoms with van der Waals surface area (Å²) in [5.41, 5.74) is 1.57. The molecule has 6 heteroatoms. The maximum absolute atomic E-state index is 12.5. The minimum Gasteiger partial charge on any atom is -0.382 e. The third-order valence-corrected chi connectivity index (χ3v) is 6.93. The van der Waals surface area contributed by atoms with Crippen LogP contribution in [0.3, 0.4) is 0 Å². The number of hydrogen-bond acceptors (Lipinski definition) is 3. The molecule has 6 nitrogen and oxygen atoms in total. The van der Waals surface area contributed by atoms with Gasteiger partial charge < -0.3 is 20.3 Å². The Kier molecular flexibility index (Phi) is 9.85. The summed E-state index contributed by atoms with van der Waals surface area (Å²) < 4.78 is 5.64. The standard InChI is InChI=1S/C26H42N4O2/c1-3-27-25(29-21-26(13-8-9-14-26)15-17-32-4-2)28-19-23-18-24(31)30(20-23)16-12-22-10-6-5-7-11-22/h5-7,10-11,23H,3-4,8-9,12-21H2,1-2H3,(H2,27,28,29). The zero-order valence-corrected chi connectivity index (χ0v) is 20.1. The lowest BCUT2D eigenvalue weighted by Gasteiger charge is -2.27. The predicted octanol–water partition coefficient (Wildman–Crippen LogP) is 3.62. The lowest BCUT2D eigenvalue weighted by molar-refractivity contribution is -0.127. The number of benzene rings is 1. The molecule has 2 aliphatic rings. The van der Waals surface area contributed by atoms with Crippen LogP contribution < -0.4 is 10.6 Å². The lowest BCUT2D eigenvalue weighted by atomic mass is 9.83. The van der Waals surface area contributed by atoms with Gasteiger partial charge in [-0.15, -0.1) is 0 Å². The summed E-state index contributed by atoms with van der Waals surface area (Å²) in [5.74, 6) is 1.49. The summed E-state index contributed by atoms with van der Waals surface area (Å²) in [5, 5.41) is 6.91. The van der Waals surface area contributed by atoms with Crippen LogP contribution in [0.5, 0.6) is 0 Å². The average Bonchev–Trinajstić information content (AvgIpc) is 3.42. The fourth-order valence-electron chi connectivity index (χ4n) is 4.99. The van der Waals surface area contributed by atoms with Gasteiger partial charge in [0.15, 0.2) is 5.96 Å². The van der Waals surface area contributed by atoms with E-state index < -0.39 is 0 Å². The number of rotatable bonds is 12. The van der Waals surface area contributed by atoms with Gasteiger partial charge in [0.1, 0.15) is 0 Å². The fraction of sp³-hybridized carbons (Fsp3) is 0.692. The number of carbonyl (C=O) groups excluding carboxylic acids is 1. The number of guanidine groups is 1. The zero-order valence-electron chi connectivity index (χ0n) is 20.1. The summed E-state index contributed by atoms with van der Waals surface area (Å²) in [6, 6.07) is 10.4. The van der Waals surface area contributed by atoms with Crippen LogP contribution >= 0.6 is 0 Å². The van der Waals surface area contributed by atoms with E-state index in [1.54, 1.807) is 0 Å². The SMILES string of the molecule is CCNC(=NCC1(CCOCC)CCCC1)NCC1CC(=O)N(CCc2ccccc2)C1. The van der Waals surface area contributed by atoms with E-state index in [-0.39, 0.29) is 11.3 Å². The molecule has 3 rings (SSSR count). The lowest BCUT2D eigenvalue weighted by Crippen LogP contribution is -2.41. The maximum Gasteiger partial charge on any atom is 0.223 e. The molecule has 1 amide bonds. The van der Waals surface area contributed by atoms with Crippen molar-refractivity contribution in [1.29, 1.82) is 0 Å². The second-order valence-corrected chi connectivity index (χ2v) is 9.38. The minimum absolute atomic E-state index is 0.274. The third-order valence-electron chi connectivity index (χ3n) is 6.93. The number of amides is 1. The van der Waals surface area contributed by atoms with Crippen LogP contribution in [-0.4, -0.2) is 62.7 Å². The molecule has 1 aliphatic heterocycles. The molecule has 1 heterocycles. The molecule has 32 heavy (non-hydrogen) atoms. The van der Waals surface area contributed by atoms with Crippen LogP contribution in [0, 0.1) is 11.3 Å². The first-order chi connectivity index (χ1) is 15.6. The molecule has 1 saturated carbocycles. The van der Waals surface area contributed by atoms with E-state index in [1.165, 1.54) is 31.2 Å². The van der Waals surface area contributed by atoms with Gasteiger partial charge >= 0.3 is 0 Å². The second-order valence-electron chi connectivity index (χ2n) is 9.38. The maximum atomic E-state index is 12.5. The predicted molar refractivity (Wildman–Crippen MR) is 131 cm³/mol. The van der Waals surface area contributed by atoms with E-state index in [4.69, 9.17) is 9.73 Å². The summed E-state index contributed by atoms with van der Waals surface area (Å²) in [6.07, 6.45) is 7.73. The molecule has 1 unspecified atom stereocenters. The van der Waals surface area contributed by atoms with Crippen molar-refractivity contribution in [3.8, 4) is 0 Å². The molecule has 0 bridgehead atoms. The zero-order chi connectivity index (χ0) is 22.7. The van der Waals surface area contributed by atoms with Gasteiger partial charge in [0.25, 0.3) is 0 Å². The Hall–Kier alpha value is -2.08. The smallest absolute Gasteiger partial charge is 0.223 e. The van der Waals surface area contributed by atoms with Gasteiger partial charge in [-0.3, -0.25) is 9.79 Å². The van der Waals surface area contributed by atoms with Gasteiger partial charge in [-0.05, 0) is 50.5 Å². The van der Waals surface area contributed by atoms with E-state index in [9.17, 15) is 4.79 Å². The van der Waals surface area contributed by atoms with Crippen LogP contribution in [0.1, 0.15) is 57.9 Å². The quantitative estimate of drug-likeness (QED) is 0.295. The van der Waals surface area contributed by atoms with Gasteiger partial charge in [-0.2, -0.15) is 0 Å². The number of likely N-dealkylation sites (tertiary alicyclic amines) is 1. The molecule has 2 N–H and O–H groups in total. The summed E-state index contributed by atoms with van der Waals surface area (Å²) in [7, 11) is 0. The van der Waals surface area contributed by atoms with Crippen molar-refractivity contribution < 1.29 is 9.53 Å². The molecule has 0 radical (unpaired) electrons. The molecule has 178 valence electrons. The van der Waals surface area contributed by atoms with Crippen molar-refractivity contribution in [2.45, 2.75) is 58.8 Å². The first-order valence-corrected chi connectivity index (χ1v) is 12.6. The van der Waals surface area contributed by atoms with Crippen LogP contribution in [0.15, 0.2) is 35.3 Å². The van der Waals surface area contributed by atoms with Crippen molar-refractivity contribution in [1.82, 2.24) is 15.5 Å². The van der Waals surface area contributed by atoms with Crippen molar-refractivity contribution >= 4 is 11.9 Å². The Morgan fingerprint density at radius 2 is 1.97 bits per heavy atom. The van der Waals surface area contributed by atoms with Crippen LogP contribution in [0.2, 0.25) is 0 Å². The number of ether oxygens (including phenoxy) is 1. The summed E-state index contributed by atoms with van der Waals surface area (Å²) >= 11 is 0. The molecule has 1 aromatic carbocycles. The number of hydrogen-bond donors (Lipinski definition) is 2. The van der Waals surface area contributed by atoms with Crippen molar-refractivity contribution in [3.63, 3.8) is 0 Å². The highest BCUT2D eigenvalue weighted by molar-refractivity contribution is 5.81. The van der Waals surface area contributed by atoms with E-state index in [0.29, 0.717) is 12.3 Å². The Labute approximate surface area is 194 Å². The number of nitrogens with one attached hydrogen (secondary N) is 2. The van der Waals surface area contributed by atoms with Crippen molar-refractivity contribution in [2.24, 2.45) is 16.3 Å². The normalized spacial score (nSPS) is 20.7. The Morgan fingerprint density at radius 3 is 2.69 bits per heavy atom. The Bertz CT molecular complexity index is 716. The van der Waals surface area contributed by atoms with E-state index in [2.05, 4.69) is 48.7 Å². The number of carbonyl (C=O) groups is 1. The number of aliphatic imine (C=N–C) groups is 1. The van der Waals surface area contributed by atoms with Crippen molar-refractivity contribution in [3.05, 3.63) is 35.9 Å². The molecular weight excluding hydrogens is 400 g/mol. The molecule has 0 aromatic heterocycles. The molecule has 0 spiro atoms. The van der Waals surface area contributed by atoms with Gasteiger partial charge in [-0.25, -0.2) is 0 Å². The summed E-state index contributed by atoms with van der Waals surface area (Å²) in [6.45, 7) is 9.88. The molecular formula is C26H42N4O2. The monoisotopic (exact) mass is 442 g/mol.